The maximum Gasteiger partial charge on any atom is 0.256 e. The van der Waals surface area contributed by atoms with E-state index in [1.807, 2.05) is 24.3 Å². The largest absolute Gasteiger partial charge is 0.322 e. The molecule has 4 rings (SSSR count). The topological polar surface area (TPSA) is 32.9 Å². The molecule has 0 atom stereocenters. The Morgan fingerprint density at radius 1 is 0.895 bits per heavy atom. The summed E-state index contributed by atoms with van der Waals surface area (Å²) >= 11 is 0. The van der Waals surface area contributed by atoms with Gasteiger partial charge in [-0.1, -0.05) is 48.6 Å². The molecule has 2 nitrogen and oxygen atoms in total. The molecule has 0 spiro atoms. The van der Waals surface area contributed by atoms with Crippen LogP contribution in [0.4, 0.5) is 0 Å². The van der Waals surface area contributed by atoms with E-state index >= 15 is 0 Å². The fourth-order valence-corrected chi connectivity index (χ4v) is 2.97. The molecular formula is C17H13NO. The Balaban J connectivity index is 2.39. The third kappa shape index (κ3) is 1.46. The van der Waals surface area contributed by atoms with Crippen molar-refractivity contribution in [1.82, 2.24) is 4.98 Å². The lowest BCUT2D eigenvalue weighted by Gasteiger charge is -2.07. The minimum atomic E-state index is 0.0112. The third-order valence-corrected chi connectivity index (χ3v) is 3.85. The standard InChI is InChI=1S/C17H13NO/c19-17-16-12-6-2-1-5-11(12)9-10-14(16)13-7-3-4-8-15(13)18-17/h1-2,5-10H,3-4H2,(H,18,19). The summed E-state index contributed by atoms with van der Waals surface area (Å²) in [5, 5.41) is 6.16. The van der Waals surface area contributed by atoms with Crippen LogP contribution < -0.4 is 16.1 Å². The van der Waals surface area contributed by atoms with Gasteiger partial charge >= 0.3 is 0 Å². The van der Waals surface area contributed by atoms with Crippen LogP contribution in [0.25, 0.3) is 33.7 Å². The van der Waals surface area contributed by atoms with E-state index in [9.17, 15) is 4.79 Å². The lowest BCUT2D eigenvalue weighted by molar-refractivity contribution is 1.07. The number of aromatic nitrogens is 1. The van der Waals surface area contributed by atoms with Crippen LogP contribution in [0.3, 0.4) is 0 Å². The number of pyridine rings is 1. The maximum atomic E-state index is 12.4. The monoisotopic (exact) mass is 247 g/mol. The van der Waals surface area contributed by atoms with Gasteiger partial charge in [0.25, 0.3) is 5.56 Å². The zero-order chi connectivity index (χ0) is 12.8. The second-order valence-electron chi connectivity index (χ2n) is 4.98. The van der Waals surface area contributed by atoms with Crippen LogP contribution in [0.15, 0.2) is 41.2 Å². The lowest BCUT2D eigenvalue weighted by atomic mass is 10.00. The van der Waals surface area contributed by atoms with Crippen molar-refractivity contribution in [2.24, 2.45) is 0 Å². The molecule has 1 N–H and O–H groups in total. The number of fused-ring (bicyclic) bond motifs is 5. The van der Waals surface area contributed by atoms with E-state index in [1.165, 1.54) is 5.22 Å². The summed E-state index contributed by atoms with van der Waals surface area (Å²) in [4.78, 5) is 15.4. The van der Waals surface area contributed by atoms with Crippen LogP contribution in [0, 0.1) is 0 Å². The molecule has 0 saturated carbocycles. The minimum absolute atomic E-state index is 0.0112. The van der Waals surface area contributed by atoms with Crippen LogP contribution in [-0.4, -0.2) is 4.98 Å². The predicted octanol–water partition coefficient (Wildman–Crippen LogP) is 2.04. The highest BCUT2D eigenvalue weighted by atomic mass is 16.1. The molecule has 0 bridgehead atoms. The van der Waals surface area contributed by atoms with Crippen molar-refractivity contribution < 1.29 is 0 Å². The number of nitrogens with one attached hydrogen (secondary N) is 1. The molecule has 0 fully saturated rings. The molecule has 2 aromatic carbocycles. The Kier molecular flexibility index (Phi) is 2.12. The van der Waals surface area contributed by atoms with E-state index < -0.39 is 0 Å². The van der Waals surface area contributed by atoms with Gasteiger partial charge in [0.1, 0.15) is 0 Å². The summed E-state index contributed by atoms with van der Waals surface area (Å²) in [6.45, 7) is 0. The molecule has 1 aromatic heterocycles. The summed E-state index contributed by atoms with van der Waals surface area (Å²) in [6, 6.07) is 12.2. The summed E-state index contributed by atoms with van der Waals surface area (Å²) < 4.78 is 0. The number of hydrogen-bond acceptors (Lipinski definition) is 1. The Morgan fingerprint density at radius 3 is 2.68 bits per heavy atom. The van der Waals surface area contributed by atoms with Crippen molar-refractivity contribution in [1.29, 1.82) is 0 Å². The maximum absolute atomic E-state index is 12.4. The van der Waals surface area contributed by atoms with Crippen molar-refractivity contribution >= 4 is 33.7 Å². The van der Waals surface area contributed by atoms with Gasteiger partial charge in [-0.2, -0.15) is 0 Å². The first kappa shape index (κ1) is 10.6. The van der Waals surface area contributed by atoms with E-state index in [-0.39, 0.29) is 5.56 Å². The quantitative estimate of drug-likeness (QED) is 0.606. The Labute approximate surface area is 109 Å². The Hall–Kier alpha value is -2.35. The van der Waals surface area contributed by atoms with Crippen molar-refractivity contribution in [3.63, 3.8) is 0 Å². The molecule has 0 saturated heterocycles. The van der Waals surface area contributed by atoms with Gasteiger partial charge in [-0.3, -0.25) is 4.79 Å². The SMILES string of the molecule is O=c1[nH]c2c(c3ccc4ccccc4c13)=CCCC=2. The molecule has 0 unspecified atom stereocenters. The third-order valence-electron chi connectivity index (χ3n) is 3.85. The van der Waals surface area contributed by atoms with Gasteiger partial charge in [0, 0.05) is 10.6 Å². The fraction of sp³-hybridized carbons (Fsp3) is 0.118. The molecular weight excluding hydrogens is 234 g/mol. The fourth-order valence-electron chi connectivity index (χ4n) is 2.97. The molecule has 92 valence electrons. The molecule has 0 radical (unpaired) electrons. The lowest BCUT2D eigenvalue weighted by Crippen LogP contribution is -2.36. The van der Waals surface area contributed by atoms with Crippen molar-refractivity contribution in [2.75, 3.05) is 0 Å². The van der Waals surface area contributed by atoms with E-state index in [0.29, 0.717) is 0 Å². The van der Waals surface area contributed by atoms with Gasteiger partial charge < -0.3 is 4.98 Å². The summed E-state index contributed by atoms with van der Waals surface area (Å²) in [5.74, 6) is 0. The van der Waals surface area contributed by atoms with Crippen LogP contribution in [-0.2, 0) is 0 Å². The molecule has 3 aromatic rings. The smallest absolute Gasteiger partial charge is 0.256 e. The first-order valence-corrected chi connectivity index (χ1v) is 6.59. The molecule has 19 heavy (non-hydrogen) atoms. The van der Waals surface area contributed by atoms with Gasteiger partial charge in [0.2, 0.25) is 0 Å². The molecule has 0 aliphatic heterocycles. The zero-order valence-electron chi connectivity index (χ0n) is 10.4. The second kappa shape index (κ2) is 3.82. The van der Waals surface area contributed by atoms with Gasteiger partial charge in [-0.25, -0.2) is 0 Å². The average molecular weight is 247 g/mol. The summed E-state index contributed by atoms with van der Waals surface area (Å²) in [6.07, 6.45) is 6.39. The van der Waals surface area contributed by atoms with Crippen LogP contribution in [0.2, 0.25) is 0 Å². The molecule has 0 amide bonds. The van der Waals surface area contributed by atoms with Crippen molar-refractivity contribution in [3.8, 4) is 0 Å². The van der Waals surface area contributed by atoms with Gasteiger partial charge in [-0.05, 0) is 29.0 Å². The summed E-state index contributed by atoms with van der Waals surface area (Å²) in [5.41, 5.74) is 0.0112. The predicted molar refractivity (Wildman–Crippen MR) is 79.5 cm³/mol. The Bertz CT molecular complexity index is 980. The average Bonchev–Trinajstić information content (AvgIpc) is 2.46. The number of H-pyrrole nitrogens is 1. The molecule has 2 heteroatoms. The van der Waals surface area contributed by atoms with E-state index in [1.54, 1.807) is 0 Å². The van der Waals surface area contributed by atoms with E-state index in [2.05, 4.69) is 29.3 Å². The first-order valence-electron chi connectivity index (χ1n) is 6.59. The number of hydrogen-bond donors (Lipinski definition) is 1. The van der Waals surface area contributed by atoms with Crippen molar-refractivity contribution in [2.45, 2.75) is 12.8 Å². The van der Waals surface area contributed by atoms with Gasteiger partial charge in [-0.15, -0.1) is 0 Å². The normalized spacial score (nSPS) is 13.9. The minimum Gasteiger partial charge on any atom is -0.322 e. The number of benzene rings is 2. The van der Waals surface area contributed by atoms with E-state index in [0.717, 1.165) is 39.7 Å². The van der Waals surface area contributed by atoms with Crippen LogP contribution in [0.5, 0.6) is 0 Å². The summed E-state index contributed by atoms with van der Waals surface area (Å²) in [7, 11) is 0. The van der Waals surface area contributed by atoms with E-state index in [4.69, 9.17) is 0 Å². The highest BCUT2D eigenvalue weighted by molar-refractivity contribution is 6.07. The molecule has 1 aliphatic carbocycles. The Morgan fingerprint density at radius 2 is 1.74 bits per heavy atom. The highest BCUT2D eigenvalue weighted by Gasteiger charge is 2.07. The van der Waals surface area contributed by atoms with Crippen LogP contribution >= 0.6 is 0 Å². The van der Waals surface area contributed by atoms with Gasteiger partial charge in [0.05, 0.1) is 5.39 Å². The number of rotatable bonds is 0. The van der Waals surface area contributed by atoms with Crippen molar-refractivity contribution in [3.05, 3.63) is 57.3 Å². The first-order chi connectivity index (χ1) is 9.34. The molecule has 1 heterocycles. The number of aromatic amines is 1. The highest BCUT2D eigenvalue weighted by Crippen LogP contribution is 2.20. The molecule has 1 aliphatic rings. The van der Waals surface area contributed by atoms with Gasteiger partial charge in [0.15, 0.2) is 0 Å². The second-order valence-corrected chi connectivity index (χ2v) is 4.98. The zero-order valence-corrected chi connectivity index (χ0v) is 10.4. The van der Waals surface area contributed by atoms with Crippen LogP contribution in [0.1, 0.15) is 12.8 Å².